The van der Waals surface area contributed by atoms with Crippen molar-refractivity contribution in [3.05, 3.63) is 59.7 Å². The summed E-state index contributed by atoms with van der Waals surface area (Å²) in [5, 5.41) is 11.5. The number of piperidine rings is 1. The molecule has 1 amide bonds. The standard InChI is InChI=1S/C19H20F2N2O4S/c20-15-9-16(21)11-17(10-15)22-19(25)14-2-1-3-18(8-14)28(26,27)23-6-4-13(12-24)5-7-23/h1-3,8-11,13,24H,4-7,12H2,(H,22,25). The fourth-order valence-corrected chi connectivity index (χ4v) is 4.62. The van der Waals surface area contributed by atoms with Gasteiger partial charge < -0.3 is 10.4 Å². The molecule has 9 heteroatoms. The van der Waals surface area contributed by atoms with Crippen LogP contribution in [0, 0.1) is 17.6 Å². The fraction of sp³-hybridized carbons (Fsp3) is 0.316. The molecule has 1 aliphatic rings. The molecule has 1 fully saturated rings. The zero-order valence-electron chi connectivity index (χ0n) is 14.9. The van der Waals surface area contributed by atoms with E-state index in [4.69, 9.17) is 0 Å². The minimum Gasteiger partial charge on any atom is -0.396 e. The Morgan fingerprint density at radius 2 is 1.75 bits per heavy atom. The molecular weight excluding hydrogens is 390 g/mol. The number of rotatable bonds is 5. The van der Waals surface area contributed by atoms with Crippen molar-refractivity contribution in [3.63, 3.8) is 0 Å². The van der Waals surface area contributed by atoms with Crippen molar-refractivity contribution >= 4 is 21.6 Å². The predicted molar refractivity (Wildman–Crippen MR) is 99.3 cm³/mol. The summed E-state index contributed by atoms with van der Waals surface area (Å²) in [7, 11) is -3.78. The molecule has 6 nitrogen and oxygen atoms in total. The van der Waals surface area contributed by atoms with Gasteiger partial charge in [-0.15, -0.1) is 0 Å². The Morgan fingerprint density at radius 1 is 1.11 bits per heavy atom. The maximum atomic E-state index is 13.3. The minimum absolute atomic E-state index is 0.0320. The Labute approximate surface area is 161 Å². The molecule has 3 rings (SSSR count). The number of nitrogens with zero attached hydrogens (tertiary/aromatic N) is 1. The first-order valence-corrected chi connectivity index (χ1v) is 10.2. The molecule has 0 atom stereocenters. The molecule has 0 radical (unpaired) electrons. The van der Waals surface area contributed by atoms with Crippen molar-refractivity contribution in [2.45, 2.75) is 17.7 Å². The highest BCUT2D eigenvalue weighted by atomic mass is 32.2. The average Bonchev–Trinajstić information content (AvgIpc) is 2.67. The van der Waals surface area contributed by atoms with Crippen molar-refractivity contribution in [1.82, 2.24) is 4.31 Å². The number of aliphatic hydroxyl groups is 1. The molecule has 1 aliphatic heterocycles. The normalized spacial score (nSPS) is 16.1. The smallest absolute Gasteiger partial charge is 0.255 e. The molecule has 2 aromatic carbocycles. The van der Waals surface area contributed by atoms with Gasteiger partial charge >= 0.3 is 0 Å². The number of sulfonamides is 1. The van der Waals surface area contributed by atoms with Gasteiger partial charge in [0.1, 0.15) is 11.6 Å². The van der Waals surface area contributed by atoms with Crippen LogP contribution in [0.25, 0.3) is 0 Å². The first-order chi connectivity index (χ1) is 13.3. The molecule has 28 heavy (non-hydrogen) atoms. The minimum atomic E-state index is -3.78. The number of halogens is 2. The van der Waals surface area contributed by atoms with E-state index in [0.29, 0.717) is 32.0 Å². The molecule has 2 aromatic rings. The molecular formula is C19H20F2N2O4S. The van der Waals surface area contributed by atoms with E-state index in [9.17, 15) is 27.1 Å². The molecule has 2 N–H and O–H groups in total. The monoisotopic (exact) mass is 410 g/mol. The molecule has 0 aromatic heterocycles. The third kappa shape index (κ3) is 4.54. The number of hydrogen-bond donors (Lipinski definition) is 2. The maximum Gasteiger partial charge on any atom is 0.255 e. The first-order valence-electron chi connectivity index (χ1n) is 8.78. The number of aliphatic hydroxyl groups excluding tert-OH is 1. The molecule has 0 aliphatic carbocycles. The fourth-order valence-electron chi connectivity index (χ4n) is 3.11. The third-order valence-electron chi connectivity index (χ3n) is 4.69. The maximum absolute atomic E-state index is 13.3. The van der Waals surface area contributed by atoms with E-state index in [1.807, 2.05) is 0 Å². The van der Waals surface area contributed by atoms with Crippen molar-refractivity contribution in [2.75, 3.05) is 25.0 Å². The first kappa shape index (κ1) is 20.4. The number of amides is 1. The van der Waals surface area contributed by atoms with Gasteiger partial charge in [-0.1, -0.05) is 6.07 Å². The second-order valence-corrected chi connectivity index (χ2v) is 8.61. The van der Waals surface area contributed by atoms with Crippen LogP contribution in [-0.4, -0.2) is 43.4 Å². The Bertz CT molecular complexity index is 953. The average molecular weight is 410 g/mol. The number of carbonyl (C=O) groups is 1. The summed E-state index contributed by atoms with van der Waals surface area (Å²) < 4.78 is 53.5. The molecule has 150 valence electrons. The van der Waals surface area contributed by atoms with Crippen LogP contribution in [0.5, 0.6) is 0 Å². The zero-order chi connectivity index (χ0) is 20.3. The van der Waals surface area contributed by atoms with Crippen LogP contribution in [0.1, 0.15) is 23.2 Å². The van der Waals surface area contributed by atoms with Gasteiger partial charge in [0, 0.05) is 37.0 Å². The Morgan fingerprint density at radius 3 is 2.36 bits per heavy atom. The van der Waals surface area contributed by atoms with Crippen molar-refractivity contribution in [1.29, 1.82) is 0 Å². The van der Waals surface area contributed by atoms with E-state index in [1.54, 1.807) is 0 Å². The van der Waals surface area contributed by atoms with Gasteiger partial charge in [-0.3, -0.25) is 4.79 Å². The van der Waals surface area contributed by atoms with Crippen molar-refractivity contribution in [3.8, 4) is 0 Å². The van der Waals surface area contributed by atoms with Crippen LogP contribution in [-0.2, 0) is 10.0 Å². The van der Waals surface area contributed by atoms with E-state index in [1.165, 1.54) is 28.6 Å². The van der Waals surface area contributed by atoms with E-state index in [2.05, 4.69) is 5.32 Å². The third-order valence-corrected chi connectivity index (χ3v) is 6.58. The summed E-state index contributed by atoms with van der Waals surface area (Å²) >= 11 is 0. The Kier molecular flexibility index (Phi) is 6.07. The van der Waals surface area contributed by atoms with Gasteiger partial charge in [0.15, 0.2) is 0 Å². The lowest BCUT2D eigenvalue weighted by atomic mass is 10.00. The summed E-state index contributed by atoms with van der Waals surface area (Å²) in [6.07, 6.45) is 1.14. The summed E-state index contributed by atoms with van der Waals surface area (Å²) in [5.74, 6) is -2.26. The van der Waals surface area contributed by atoms with Crippen LogP contribution in [0.4, 0.5) is 14.5 Å². The molecule has 1 saturated heterocycles. The number of benzene rings is 2. The second-order valence-electron chi connectivity index (χ2n) is 6.67. The molecule has 1 heterocycles. The quantitative estimate of drug-likeness (QED) is 0.793. The lowest BCUT2D eigenvalue weighted by molar-refractivity contribution is 0.102. The van der Waals surface area contributed by atoms with Gasteiger partial charge in [0.2, 0.25) is 10.0 Å². The van der Waals surface area contributed by atoms with Crippen LogP contribution < -0.4 is 5.32 Å². The highest BCUT2D eigenvalue weighted by Gasteiger charge is 2.29. The summed E-state index contributed by atoms with van der Waals surface area (Å²) in [4.78, 5) is 12.3. The van der Waals surface area contributed by atoms with E-state index in [-0.39, 0.29) is 28.7 Å². The number of nitrogens with one attached hydrogen (secondary N) is 1. The largest absolute Gasteiger partial charge is 0.396 e. The summed E-state index contributed by atoms with van der Waals surface area (Å²) in [6.45, 7) is 0.628. The number of hydrogen-bond acceptors (Lipinski definition) is 4. The van der Waals surface area contributed by atoms with Crippen molar-refractivity contribution < 1.29 is 27.1 Å². The second kappa shape index (κ2) is 8.34. The van der Waals surface area contributed by atoms with E-state index in [0.717, 1.165) is 12.1 Å². The Hall–Kier alpha value is -2.36. The van der Waals surface area contributed by atoms with Crippen LogP contribution in [0.15, 0.2) is 47.4 Å². The number of carbonyl (C=O) groups excluding carboxylic acids is 1. The van der Waals surface area contributed by atoms with Gasteiger partial charge in [0.05, 0.1) is 4.90 Å². The molecule has 0 bridgehead atoms. The lowest BCUT2D eigenvalue weighted by Crippen LogP contribution is -2.39. The predicted octanol–water partition coefficient (Wildman–Crippen LogP) is 2.61. The summed E-state index contributed by atoms with van der Waals surface area (Å²) in [6, 6.07) is 8.10. The molecule has 0 saturated carbocycles. The van der Waals surface area contributed by atoms with Crippen molar-refractivity contribution in [2.24, 2.45) is 5.92 Å². The van der Waals surface area contributed by atoms with Crippen LogP contribution in [0.2, 0.25) is 0 Å². The van der Waals surface area contributed by atoms with E-state index >= 15 is 0 Å². The summed E-state index contributed by atoms with van der Waals surface area (Å²) in [5.41, 5.74) is -0.0159. The SMILES string of the molecule is O=C(Nc1cc(F)cc(F)c1)c1cccc(S(=O)(=O)N2CCC(CO)CC2)c1. The van der Waals surface area contributed by atoms with E-state index < -0.39 is 27.6 Å². The van der Waals surface area contributed by atoms with Gasteiger partial charge in [-0.2, -0.15) is 4.31 Å². The molecule has 0 unspecified atom stereocenters. The topological polar surface area (TPSA) is 86.7 Å². The Balaban J connectivity index is 1.78. The van der Waals surface area contributed by atoms with Gasteiger partial charge in [-0.05, 0) is 49.1 Å². The molecule has 0 spiro atoms. The number of anilines is 1. The van der Waals surface area contributed by atoms with Crippen LogP contribution in [0.3, 0.4) is 0 Å². The lowest BCUT2D eigenvalue weighted by Gasteiger charge is -2.30. The van der Waals surface area contributed by atoms with Crippen LogP contribution >= 0.6 is 0 Å². The van der Waals surface area contributed by atoms with Gasteiger partial charge in [-0.25, -0.2) is 17.2 Å². The zero-order valence-corrected chi connectivity index (χ0v) is 15.8. The van der Waals surface area contributed by atoms with Gasteiger partial charge in [0.25, 0.3) is 5.91 Å². The highest BCUT2D eigenvalue weighted by molar-refractivity contribution is 7.89. The highest BCUT2D eigenvalue weighted by Crippen LogP contribution is 2.24.